The van der Waals surface area contributed by atoms with Crippen molar-refractivity contribution in [2.75, 3.05) is 26.3 Å². The van der Waals surface area contributed by atoms with Gasteiger partial charge in [0, 0.05) is 43.5 Å². The van der Waals surface area contributed by atoms with Crippen molar-refractivity contribution in [3.05, 3.63) is 58.4 Å². The number of aromatic nitrogens is 1. The van der Waals surface area contributed by atoms with Crippen LogP contribution >= 0.6 is 0 Å². The van der Waals surface area contributed by atoms with Gasteiger partial charge in [0.25, 0.3) is 0 Å². The maximum atomic E-state index is 10.2. The Balaban J connectivity index is 1.90. The molecule has 2 aromatic rings. The van der Waals surface area contributed by atoms with E-state index in [-0.39, 0.29) is 12.8 Å². The molecule has 6 heteroatoms. The third-order valence-corrected chi connectivity index (χ3v) is 6.13. The van der Waals surface area contributed by atoms with E-state index in [1.165, 1.54) is 0 Å². The quantitative estimate of drug-likeness (QED) is 0.517. The molecule has 1 aromatic heterocycles. The zero-order valence-corrected chi connectivity index (χ0v) is 19.8. The van der Waals surface area contributed by atoms with Crippen LogP contribution in [0.1, 0.15) is 61.1 Å². The minimum atomic E-state index is -0.368. The fourth-order valence-corrected chi connectivity index (χ4v) is 4.20. The van der Waals surface area contributed by atoms with E-state index in [9.17, 15) is 5.11 Å². The van der Waals surface area contributed by atoms with E-state index in [0.717, 1.165) is 85.8 Å². The Labute approximate surface area is 192 Å². The molecule has 1 saturated heterocycles. The largest absolute Gasteiger partial charge is 0.475 e. The fourth-order valence-electron chi connectivity index (χ4n) is 4.20. The molecular weight excluding hydrogens is 402 g/mol. The molecule has 0 spiro atoms. The van der Waals surface area contributed by atoms with Crippen LogP contribution < -0.4 is 10.5 Å². The standard InChI is InChI=1S/C26H39N3O3/c1-19(2)7-6-9-25(27)32-26-20(3)21(16-23-8-4-5-10-28-23)15-22(18-30)24(26)17-29-11-13-31-14-12-29/h4-5,8,10,15,19,25,30H,6-7,9,11-14,16-18,27H2,1-3H3. The molecule has 1 aromatic carbocycles. The van der Waals surface area contributed by atoms with E-state index in [4.69, 9.17) is 15.2 Å². The van der Waals surface area contributed by atoms with E-state index in [1.54, 1.807) is 0 Å². The van der Waals surface area contributed by atoms with Gasteiger partial charge in [-0.2, -0.15) is 0 Å². The summed E-state index contributed by atoms with van der Waals surface area (Å²) < 4.78 is 11.9. The Bertz CT molecular complexity index is 836. The summed E-state index contributed by atoms with van der Waals surface area (Å²) >= 11 is 0. The minimum Gasteiger partial charge on any atom is -0.475 e. The van der Waals surface area contributed by atoms with Crippen molar-refractivity contribution >= 4 is 0 Å². The molecule has 0 bridgehead atoms. The molecule has 2 heterocycles. The van der Waals surface area contributed by atoms with Crippen molar-refractivity contribution in [2.45, 2.75) is 65.8 Å². The number of aliphatic hydroxyl groups excluding tert-OH is 1. The molecule has 176 valence electrons. The highest BCUT2D eigenvalue weighted by Crippen LogP contribution is 2.34. The molecule has 1 unspecified atom stereocenters. The lowest BCUT2D eigenvalue weighted by molar-refractivity contribution is 0.0332. The van der Waals surface area contributed by atoms with Crippen molar-refractivity contribution in [3.8, 4) is 5.75 Å². The number of ether oxygens (including phenoxy) is 2. The van der Waals surface area contributed by atoms with E-state index >= 15 is 0 Å². The number of hydrogen-bond donors (Lipinski definition) is 2. The normalized spacial score (nSPS) is 15.8. The molecule has 1 atom stereocenters. The van der Waals surface area contributed by atoms with Crippen LogP contribution in [-0.4, -0.2) is 47.5 Å². The Morgan fingerprint density at radius 2 is 1.97 bits per heavy atom. The molecule has 0 saturated carbocycles. The molecule has 1 aliphatic rings. The lowest BCUT2D eigenvalue weighted by Crippen LogP contribution is -2.36. The van der Waals surface area contributed by atoms with Gasteiger partial charge in [0.2, 0.25) is 0 Å². The zero-order chi connectivity index (χ0) is 22.9. The maximum Gasteiger partial charge on any atom is 0.147 e. The summed E-state index contributed by atoms with van der Waals surface area (Å²) in [4.78, 5) is 6.84. The van der Waals surface area contributed by atoms with Gasteiger partial charge in [0.15, 0.2) is 0 Å². The summed E-state index contributed by atoms with van der Waals surface area (Å²) in [6.45, 7) is 10.5. The van der Waals surface area contributed by atoms with E-state index in [2.05, 4.69) is 36.7 Å². The van der Waals surface area contributed by atoms with Gasteiger partial charge in [-0.15, -0.1) is 0 Å². The molecule has 1 fully saturated rings. The molecular formula is C26H39N3O3. The van der Waals surface area contributed by atoms with Gasteiger partial charge >= 0.3 is 0 Å². The Morgan fingerprint density at radius 1 is 1.19 bits per heavy atom. The Hall–Kier alpha value is -1.99. The number of aliphatic hydroxyl groups is 1. The molecule has 0 radical (unpaired) electrons. The average molecular weight is 442 g/mol. The first-order valence-electron chi connectivity index (χ1n) is 11.8. The van der Waals surface area contributed by atoms with E-state index in [0.29, 0.717) is 12.3 Å². The summed E-state index contributed by atoms with van der Waals surface area (Å²) in [6.07, 6.45) is 5.12. The second-order valence-corrected chi connectivity index (χ2v) is 9.15. The van der Waals surface area contributed by atoms with Gasteiger partial charge < -0.3 is 14.6 Å². The van der Waals surface area contributed by atoms with Crippen molar-refractivity contribution in [2.24, 2.45) is 11.7 Å². The summed E-state index contributed by atoms with van der Waals surface area (Å²) in [6, 6.07) is 8.06. The van der Waals surface area contributed by atoms with Gasteiger partial charge in [-0.1, -0.05) is 32.4 Å². The van der Waals surface area contributed by atoms with E-state index < -0.39 is 0 Å². The number of morpholine rings is 1. The highest BCUT2D eigenvalue weighted by molar-refractivity contribution is 5.51. The fraction of sp³-hybridized carbons (Fsp3) is 0.577. The van der Waals surface area contributed by atoms with Crippen LogP contribution in [0.4, 0.5) is 0 Å². The van der Waals surface area contributed by atoms with E-state index in [1.807, 2.05) is 24.4 Å². The number of benzene rings is 1. The highest BCUT2D eigenvalue weighted by atomic mass is 16.5. The Morgan fingerprint density at radius 3 is 2.62 bits per heavy atom. The van der Waals surface area contributed by atoms with Crippen molar-refractivity contribution in [1.82, 2.24) is 9.88 Å². The first-order valence-corrected chi connectivity index (χ1v) is 11.8. The smallest absolute Gasteiger partial charge is 0.147 e. The lowest BCUT2D eigenvalue weighted by atomic mass is 9.94. The second-order valence-electron chi connectivity index (χ2n) is 9.15. The summed E-state index contributed by atoms with van der Waals surface area (Å²) in [5.74, 6) is 1.48. The summed E-state index contributed by atoms with van der Waals surface area (Å²) in [7, 11) is 0. The summed E-state index contributed by atoms with van der Waals surface area (Å²) in [5, 5.41) is 10.2. The van der Waals surface area contributed by atoms with Crippen LogP contribution in [0.3, 0.4) is 0 Å². The summed E-state index contributed by atoms with van der Waals surface area (Å²) in [5.41, 5.74) is 11.6. The van der Waals surface area contributed by atoms with Gasteiger partial charge in [-0.05, 0) is 54.5 Å². The molecule has 0 aliphatic carbocycles. The SMILES string of the molecule is Cc1c(Cc2ccccn2)cc(CO)c(CN2CCOCC2)c1OC(N)CCCC(C)C. The molecule has 3 rings (SSSR count). The zero-order valence-electron chi connectivity index (χ0n) is 19.8. The highest BCUT2D eigenvalue weighted by Gasteiger charge is 2.22. The van der Waals surface area contributed by atoms with Crippen molar-refractivity contribution in [1.29, 1.82) is 0 Å². The van der Waals surface area contributed by atoms with Crippen LogP contribution in [-0.2, 0) is 24.3 Å². The Kier molecular flexibility index (Phi) is 9.48. The third-order valence-electron chi connectivity index (χ3n) is 6.13. The monoisotopic (exact) mass is 441 g/mol. The van der Waals surface area contributed by atoms with Crippen LogP contribution in [0.5, 0.6) is 5.75 Å². The molecule has 32 heavy (non-hydrogen) atoms. The number of rotatable bonds is 11. The topological polar surface area (TPSA) is 80.8 Å². The number of hydrogen-bond acceptors (Lipinski definition) is 6. The second kappa shape index (κ2) is 12.3. The van der Waals surface area contributed by atoms with Crippen molar-refractivity contribution < 1.29 is 14.6 Å². The minimum absolute atomic E-state index is 0.0336. The predicted octanol–water partition coefficient (Wildman–Crippen LogP) is 3.80. The van der Waals surface area contributed by atoms with Crippen LogP contribution in [0, 0.1) is 12.8 Å². The third kappa shape index (κ3) is 7.01. The maximum absolute atomic E-state index is 10.2. The van der Waals surface area contributed by atoms with Crippen LogP contribution in [0.25, 0.3) is 0 Å². The van der Waals surface area contributed by atoms with Crippen molar-refractivity contribution in [3.63, 3.8) is 0 Å². The van der Waals surface area contributed by atoms with Gasteiger partial charge in [-0.3, -0.25) is 15.6 Å². The average Bonchev–Trinajstić information content (AvgIpc) is 2.79. The number of nitrogens with zero attached hydrogens (tertiary/aromatic N) is 2. The van der Waals surface area contributed by atoms with Gasteiger partial charge in [0.05, 0.1) is 19.8 Å². The first-order chi connectivity index (χ1) is 15.5. The number of nitrogens with two attached hydrogens (primary N) is 1. The molecule has 1 aliphatic heterocycles. The lowest BCUT2D eigenvalue weighted by Gasteiger charge is -2.30. The first kappa shape index (κ1) is 24.6. The molecule has 6 nitrogen and oxygen atoms in total. The van der Waals surface area contributed by atoms with Gasteiger partial charge in [-0.25, -0.2) is 0 Å². The number of pyridine rings is 1. The van der Waals surface area contributed by atoms with Crippen LogP contribution in [0.15, 0.2) is 30.5 Å². The molecule has 0 amide bonds. The predicted molar refractivity (Wildman–Crippen MR) is 128 cm³/mol. The van der Waals surface area contributed by atoms with Gasteiger partial charge in [0.1, 0.15) is 12.0 Å². The van der Waals surface area contributed by atoms with Crippen LogP contribution in [0.2, 0.25) is 0 Å². The molecule has 3 N–H and O–H groups in total.